The summed E-state index contributed by atoms with van der Waals surface area (Å²) in [5.41, 5.74) is 5.95. The van der Waals surface area contributed by atoms with Gasteiger partial charge in [-0.15, -0.1) is 0 Å². The summed E-state index contributed by atoms with van der Waals surface area (Å²) in [5.74, 6) is 0.616. The van der Waals surface area contributed by atoms with Crippen molar-refractivity contribution in [2.75, 3.05) is 7.11 Å². The zero-order chi connectivity index (χ0) is 10.9. The van der Waals surface area contributed by atoms with Gasteiger partial charge in [-0.1, -0.05) is 12.1 Å². The van der Waals surface area contributed by atoms with Crippen molar-refractivity contribution in [2.45, 2.75) is 24.8 Å². The summed E-state index contributed by atoms with van der Waals surface area (Å²) in [5, 5.41) is 0. The van der Waals surface area contributed by atoms with Gasteiger partial charge in [-0.3, -0.25) is 4.79 Å². The molecule has 3 nitrogen and oxygen atoms in total. The van der Waals surface area contributed by atoms with E-state index < -0.39 is 5.54 Å². The summed E-state index contributed by atoms with van der Waals surface area (Å²) >= 11 is 0. The lowest BCUT2D eigenvalue weighted by Crippen LogP contribution is -2.53. The van der Waals surface area contributed by atoms with Crippen molar-refractivity contribution in [3.8, 4) is 5.75 Å². The van der Waals surface area contributed by atoms with Gasteiger partial charge in [-0.05, 0) is 31.4 Å². The van der Waals surface area contributed by atoms with Crippen LogP contribution in [0.5, 0.6) is 5.75 Å². The Labute approximate surface area is 89.2 Å². The summed E-state index contributed by atoms with van der Waals surface area (Å²) in [4.78, 5) is 12.1. The lowest BCUT2D eigenvalue weighted by atomic mass is 9.72. The van der Waals surface area contributed by atoms with Gasteiger partial charge in [-0.25, -0.2) is 0 Å². The molecular formula is C12H15NO2. The lowest BCUT2D eigenvalue weighted by molar-refractivity contribution is 0.0797. The molecule has 0 amide bonds. The van der Waals surface area contributed by atoms with Gasteiger partial charge in [0.15, 0.2) is 5.78 Å². The molecule has 0 unspecified atom stereocenters. The van der Waals surface area contributed by atoms with Gasteiger partial charge in [0, 0.05) is 0 Å². The van der Waals surface area contributed by atoms with Gasteiger partial charge < -0.3 is 10.5 Å². The van der Waals surface area contributed by atoms with E-state index in [1.54, 1.807) is 19.2 Å². The molecule has 3 heteroatoms. The molecule has 0 saturated heterocycles. The molecule has 2 rings (SSSR count). The van der Waals surface area contributed by atoms with Crippen LogP contribution in [0.4, 0.5) is 0 Å². The Morgan fingerprint density at radius 1 is 1.40 bits per heavy atom. The minimum absolute atomic E-state index is 0.00574. The van der Waals surface area contributed by atoms with Crippen molar-refractivity contribution >= 4 is 5.78 Å². The van der Waals surface area contributed by atoms with Crippen LogP contribution in [0.15, 0.2) is 24.3 Å². The van der Waals surface area contributed by atoms with E-state index in [9.17, 15) is 4.79 Å². The lowest BCUT2D eigenvalue weighted by Gasteiger charge is -2.36. The molecule has 0 atom stereocenters. The van der Waals surface area contributed by atoms with Crippen molar-refractivity contribution in [2.24, 2.45) is 5.73 Å². The minimum Gasteiger partial charge on any atom is -0.496 e. The zero-order valence-corrected chi connectivity index (χ0v) is 8.82. The number of carbonyl (C=O) groups is 1. The van der Waals surface area contributed by atoms with E-state index in [2.05, 4.69) is 0 Å². The Kier molecular flexibility index (Phi) is 2.49. The van der Waals surface area contributed by atoms with Crippen LogP contribution in [0.1, 0.15) is 29.6 Å². The van der Waals surface area contributed by atoms with E-state index in [1.165, 1.54) is 0 Å². The number of carbonyl (C=O) groups excluding carboxylic acids is 1. The number of methoxy groups -OCH3 is 1. The topological polar surface area (TPSA) is 52.3 Å². The first-order valence-electron chi connectivity index (χ1n) is 5.14. The first kappa shape index (κ1) is 10.2. The molecule has 0 radical (unpaired) electrons. The van der Waals surface area contributed by atoms with Crippen LogP contribution in [0.2, 0.25) is 0 Å². The number of nitrogens with two attached hydrogens (primary N) is 1. The maximum Gasteiger partial charge on any atom is 0.186 e. The maximum absolute atomic E-state index is 12.1. The molecule has 15 heavy (non-hydrogen) atoms. The zero-order valence-electron chi connectivity index (χ0n) is 8.82. The molecule has 1 aromatic rings. The molecule has 0 heterocycles. The number of hydrogen-bond donors (Lipinski definition) is 1. The largest absolute Gasteiger partial charge is 0.496 e. The molecule has 0 bridgehead atoms. The Morgan fingerprint density at radius 3 is 2.60 bits per heavy atom. The Balaban J connectivity index is 2.32. The maximum atomic E-state index is 12.1. The van der Waals surface area contributed by atoms with E-state index in [0.29, 0.717) is 11.3 Å². The van der Waals surface area contributed by atoms with Crippen molar-refractivity contribution in [1.29, 1.82) is 0 Å². The highest BCUT2D eigenvalue weighted by Crippen LogP contribution is 2.34. The second-order valence-electron chi connectivity index (χ2n) is 4.04. The summed E-state index contributed by atoms with van der Waals surface area (Å²) < 4.78 is 5.15. The predicted octanol–water partition coefficient (Wildman–Crippen LogP) is 1.76. The number of ketones is 1. The normalized spacial score (nSPS) is 18.0. The SMILES string of the molecule is COc1ccccc1C(=O)C1(N)CCC1. The van der Waals surface area contributed by atoms with Crippen molar-refractivity contribution in [3.05, 3.63) is 29.8 Å². The standard InChI is InChI=1S/C12H15NO2/c1-15-10-6-3-2-5-9(10)11(14)12(13)7-4-8-12/h2-3,5-6H,4,7-8,13H2,1H3. The Morgan fingerprint density at radius 2 is 2.07 bits per heavy atom. The number of ether oxygens (including phenoxy) is 1. The molecule has 0 aromatic heterocycles. The van der Waals surface area contributed by atoms with Gasteiger partial charge in [0.05, 0.1) is 18.2 Å². The fourth-order valence-electron chi connectivity index (χ4n) is 1.89. The van der Waals surface area contributed by atoms with Crippen molar-refractivity contribution < 1.29 is 9.53 Å². The average molecular weight is 205 g/mol. The van der Waals surface area contributed by atoms with Crippen LogP contribution in [0.25, 0.3) is 0 Å². The van der Waals surface area contributed by atoms with Gasteiger partial charge in [0.2, 0.25) is 0 Å². The third kappa shape index (κ3) is 1.63. The number of para-hydroxylation sites is 1. The summed E-state index contributed by atoms with van der Waals surface area (Å²) in [6.07, 6.45) is 2.60. The molecule has 2 N–H and O–H groups in total. The van der Waals surface area contributed by atoms with Crippen molar-refractivity contribution in [1.82, 2.24) is 0 Å². The van der Waals surface area contributed by atoms with Crippen LogP contribution in [-0.2, 0) is 0 Å². The van der Waals surface area contributed by atoms with E-state index in [4.69, 9.17) is 10.5 Å². The monoisotopic (exact) mass is 205 g/mol. The molecule has 1 saturated carbocycles. The van der Waals surface area contributed by atoms with E-state index in [1.807, 2.05) is 12.1 Å². The van der Waals surface area contributed by atoms with Gasteiger partial charge in [0.1, 0.15) is 5.75 Å². The molecule has 0 aliphatic heterocycles. The van der Waals surface area contributed by atoms with Crippen molar-refractivity contribution in [3.63, 3.8) is 0 Å². The van der Waals surface area contributed by atoms with E-state index >= 15 is 0 Å². The highest BCUT2D eigenvalue weighted by atomic mass is 16.5. The fourth-order valence-corrected chi connectivity index (χ4v) is 1.89. The Bertz CT molecular complexity index is 383. The van der Waals surface area contributed by atoms with E-state index in [0.717, 1.165) is 19.3 Å². The molecule has 1 aliphatic carbocycles. The molecule has 1 fully saturated rings. The minimum atomic E-state index is -0.644. The molecular weight excluding hydrogens is 190 g/mol. The second-order valence-corrected chi connectivity index (χ2v) is 4.04. The molecule has 80 valence electrons. The van der Waals surface area contributed by atoms with E-state index in [-0.39, 0.29) is 5.78 Å². The smallest absolute Gasteiger partial charge is 0.186 e. The number of benzene rings is 1. The number of Topliss-reactive ketones (excluding diaryl/α,β-unsaturated/α-hetero) is 1. The quantitative estimate of drug-likeness (QED) is 0.765. The van der Waals surface area contributed by atoms with Gasteiger partial charge >= 0.3 is 0 Å². The van der Waals surface area contributed by atoms with Crippen LogP contribution in [0.3, 0.4) is 0 Å². The third-order valence-electron chi connectivity index (χ3n) is 3.05. The third-order valence-corrected chi connectivity index (χ3v) is 3.05. The summed E-state index contributed by atoms with van der Waals surface area (Å²) in [7, 11) is 1.57. The van der Waals surface area contributed by atoms with Crippen LogP contribution in [-0.4, -0.2) is 18.4 Å². The highest BCUT2D eigenvalue weighted by Gasteiger charge is 2.41. The summed E-state index contributed by atoms with van der Waals surface area (Å²) in [6.45, 7) is 0. The van der Waals surface area contributed by atoms with Gasteiger partial charge in [0.25, 0.3) is 0 Å². The molecule has 1 aromatic carbocycles. The number of hydrogen-bond acceptors (Lipinski definition) is 3. The fraction of sp³-hybridized carbons (Fsp3) is 0.417. The van der Waals surface area contributed by atoms with Gasteiger partial charge in [-0.2, -0.15) is 0 Å². The number of rotatable bonds is 3. The first-order chi connectivity index (χ1) is 7.17. The average Bonchev–Trinajstić information content (AvgIpc) is 2.25. The predicted molar refractivity (Wildman–Crippen MR) is 58.1 cm³/mol. The van der Waals surface area contributed by atoms with Crippen LogP contribution in [0, 0.1) is 0 Å². The van der Waals surface area contributed by atoms with Crippen LogP contribution < -0.4 is 10.5 Å². The highest BCUT2D eigenvalue weighted by molar-refractivity contribution is 6.05. The molecule has 1 aliphatic rings. The van der Waals surface area contributed by atoms with Crippen LogP contribution >= 0.6 is 0 Å². The Hall–Kier alpha value is -1.35. The first-order valence-corrected chi connectivity index (χ1v) is 5.14. The molecule has 0 spiro atoms. The second kappa shape index (κ2) is 3.66. The summed E-state index contributed by atoms with van der Waals surface area (Å²) in [6, 6.07) is 7.24.